The van der Waals surface area contributed by atoms with Crippen molar-refractivity contribution in [2.75, 3.05) is 5.75 Å². The van der Waals surface area contributed by atoms with Gasteiger partial charge in [-0.25, -0.2) is 4.98 Å². The SMILES string of the molecule is C=CCSc1nc2sc3c(c2c(=O)[nH]1)COC(C)(CC)C3. The first-order valence-electron chi connectivity index (χ1n) is 6.98. The van der Waals surface area contributed by atoms with Gasteiger partial charge in [0.25, 0.3) is 5.56 Å². The minimum absolute atomic E-state index is 0.0623. The van der Waals surface area contributed by atoms with E-state index in [1.54, 1.807) is 17.4 Å². The number of H-pyrrole nitrogens is 1. The highest BCUT2D eigenvalue weighted by Crippen LogP contribution is 2.38. The van der Waals surface area contributed by atoms with E-state index >= 15 is 0 Å². The molecule has 0 aromatic carbocycles. The second-order valence-electron chi connectivity index (χ2n) is 5.42. The third kappa shape index (κ3) is 2.67. The lowest BCUT2D eigenvalue weighted by Crippen LogP contribution is -2.34. The predicted molar refractivity (Wildman–Crippen MR) is 88.4 cm³/mol. The Hall–Kier alpha value is -1.11. The van der Waals surface area contributed by atoms with Crippen LogP contribution in [0.2, 0.25) is 0 Å². The van der Waals surface area contributed by atoms with Crippen LogP contribution >= 0.6 is 23.1 Å². The number of nitrogens with one attached hydrogen (secondary N) is 1. The topological polar surface area (TPSA) is 55.0 Å². The monoisotopic (exact) mass is 322 g/mol. The van der Waals surface area contributed by atoms with Crippen LogP contribution in [0, 0.1) is 0 Å². The molecule has 0 bridgehead atoms. The van der Waals surface area contributed by atoms with E-state index in [-0.39, 0.29) is 11.2 Å². The molecule has 2 aromatic heterocycles. The number of fused-ring (bicyclic) bond motifs is 3. The maximum absolute atomic E-state index is 12.3. The number of hydrogen-bond donors (Lipinski definition) is 1. The summed E-state index contributed by atoms with van der Waals surface area (Å²) in [5, 5.41) is 1.36. The van der Waals surface area contributed by atoms with Crippen molar-refractivity contribution in [1.29, 1.82) is 0 Å². The summed E-state index contributed by atoms with van der Waals surface area (Å²) < 4.78 is 5.97. The van der Waals surface area contributed by atoms with Gasteiger partial charge in [0.15, 0.2) is 5.16 Å². The Morgan fingerprint density at radius 1 is 1.62 bits per heavy atom. The molecule has 3 heterocycles. The molecule has 0 amide bonds. The van der Waals surface area contributed by atoms with E-state index in [4.69, 9.17) is 4.74 Å². The first-order chi connectivity index (χ1) is 10.1. The number of hydrogen-bond acceptors (Lipinski definition) is 5. The van der Waals surface area contributed by atoms with Crippen molar-refractivity contribution >= 4 is 33.3 Å². The predicted octanol–water partition coefficient (Wildman–Crippen LogP) is 3.50. The molecule has 0 spiro atoms. The van der Waals surface area contributed by atoms with E-state index in [2.05, 4.69) is 30.4 Å². The normalized spacial score (nSPS) is 21.4. The molecule has 0 saturated heterocycles. The van der Waals surface area contributed by atoms with E-state index < -0.39 is 0 Å². The van der Waals surface area contributed by atoms with E-state index in [0.717, 1.165) is 29.0 Å². The van der Waals surface area contributed by atoms with Gasteiger partial charge in [0.1, 0.15) is 4.83 Å². The largest absolute Gasteiger partial charge is 0.370 e. The number of ether oxygens (including phenoxy) is 1. The molecule has 0 radical (unpaired) electrons. The van der Waals surface area contributed by atoms with E-state index in [1.165, 1.54) is 16.6 Å². The van der Waals surface area contributed by atoms with Gasteiger partial charge in [-0.2, -0.15) is 0 Å². The first kappa shape index (κ1) is 14.8. The van der Waals surface area contributed by atoms with Gasteiger partial charge in [-0.15, -0.1) is 17.9 Å². The van der Waals surface area contributed by atoms with E-state index in [0.29, 0.717) is 17.1 Å². The van der Waals surface area contributed by atoms with E-state index in [9.17, 15) is 4.79 Å². The first-order valence-corrected chi connectivity index (χ1v) is 8.79. The van der Waals surface area contributed by atoms with Gasteiger partial charge < -0.3 is 9.72 Å². The third-order valence-corrected chi connectivity index (χ3v) is 5.90. The van der Waals surface area contributed by atoms with Crippen LogP contribution in [0.4, 0.5) is 0 Å². The van der Waals surface area contributed by atoms with Gasteiger partial charge in [-0.3, -0.25) is 4.79 Å². The molecule has 1 atom stereocenters. The van der Waals surface area contributed by atoms with Crippen molar-refractivity contribution in [3.8, 4) is 0 Å². The molecule has 21 heavy (non-hydrogen) atoms. The average molecular weight is 322 g/mol. The fourth-order valence-corrected chi connectivity index (χ4v) is 4.46. The Morgan fingerprint density at radius 2 is 2.43 bits per heavy atom. The van der Waals surface area contributed by atoms with Crippen molar-refractivity contribution in [3.05, 3.63) is 33.4 Å². The summed E-state index contributed by atoms with van der Waals surface area (Å²) >= 11 is 3.12. The summed E-state index contributed by atoms with van der Waals surface area (Å²) in [6.07, 6.45) is 3.62. The smallest absolute Gasteiger partial charge is 0.260 e. The molecule has 6 heteroatoms. The summed E-state index contributed by atoms with van der Waals surface area (Å²) in [6.45, 7) is 8.45. The maximum atomic E-state index is 12.3. The average Bonchev–Trinajstić information content (AvgIpc) is 2.82. The minimum atomic E-state index is -0.124. The molecule has 1 N–H and O–H groups in total. The van der Waals surface area contributed by atoms with Crippen molar-refractivity contribution < 1.29 is 4.74 Å². The van der Waals surface area contributed by atoms with Crippen molar-refractivity contribution in [2.24, 2.45) is 0 Å². The summed E-state index contributed by atoms with van der Waals surface area (Å²) in [6, 6.07) is 0. The molecule has 2 aromatic rings. The van der Waals surface area contributed by atoms with Gasteiger partial charge >= 0.3 is 0 Å². The molecule has 4 nitrogen and oxygen atoms in total. The second-order valence-corrected chi connectivity index (χ2v) is 7.52. The zero-order valence-electron chi connectivity index (χ0n) is 12.2. The quantitative estimate of drug-likeness (QED) is 0.532. The highest BCUT2D eigenvalue weighted by Gasteiger charge is 2.32. The summed E-state index contributed by atoms with van der Waals surface area (Å²) in [5.74, 6) is 0.733. The molecule has 1 aliphatic rings. The fraction of sp³-hybridized carbons (Fsp3) is 0.467. The Kier molecular flexibility index (Phi) is 3.94. The fourth-order valence-electron chi connectivity index (χ4n) is 2.46. The Balaban J connectivity index is 2.07. The highest BCUT2D eigenvalue weighted by molar-refractivity contribution is 7.99. The number of thioether (sulfide) groups is 1. The van der Waals surface area contributed by atoms with Gasteiger partial charge in [-0.1, -0.05) is 24.8 Å². The van der Waals surface area contributed by atoms with Gasteiger partial charge in [-0.05, 0) is 13.3 Å². The Labute approximate surface area is 131 Å². The van der Waals surface area contributed by atoms with Crippen LogP contribution in [0.1, 0.15) is 30.7 Å². The van der Waals surface area contributed by atoms with Crippen LogP contribution in [0.5, 0.6) is 0 Å². The Morgan fingerprint density at radius 3 is 3.14 bits per heavy atom. The molecule has 112 valence electrons. The second kappa shape index (κ2) is 5.59. The van der Waals surface area contributed by atoms with Crippen molar-refractivity contribution in [3.63, 3.8) is 0 Å². The molecule has 0 fully saturated rings. The summed E-state index contributed by atoms with van der Waals surface area (Å²) in [4.78, 5) is 21.8. The maximum Gasteiger partial charge on any atom is 0.260 e. The van der Waals surface area contributed by atoms with Crippen LogP contribution in [0.3, 0.4) is 0 Å². The standard InChI is InChI=1S/C15H18N2O2S2/c1-4-6-20-14-16-12(18)11-9-8-19-15(3,5-2)7-10(9)21-13(11)17-14/h4H,1,5-8H2,2-3H3,(H,16,17,18). The van der Waals surface area contributed by atoms with Gasteiger partial charge in [0.2, 0.25) is 0 Å². The van der Waals surface area contributed by atoms with Crippen LogP contribution < -0.4 is 5.56 Å². The molecule has 3 rings (SSSR count). The highest BCUT2D eigenvalue weighted by atomic mass is 32.2. The van der Waals surface area contributed by atoms with E-state index in [1.807, 2.05) is 0 Å². The van der Waals surface area contributed by atoms with Crippen molar-refractivity contribution in [1.82, 2.24) is 9.97 Å². The third-order valence-electron chi connectivity index (χ3n) is 3.91. The number of rotatable bonds is 4. The van der Waals surface area contributed by atoms with Crippen LogP contribution in [-0.4, -0.2) is 21.3 Å². The molecular formula is C15H18N2O2S2. The molecule has 0 aliphatic carbocycles. The zero-order chi connectivity index (χ0) is 15.0. The number of aromatic amines is 1. The lowest BCUT2D eigenvalue weighted by atomic mass is 9.93. The van der Waals surface area contributed by atoms with Crippen LogP contribution in [0.25, 0.3) is 10.2 Å². The van der Waals surface area contributed by atoms with Gasteiger partial charge in [0, 0.05) is 22.6 Å². The summed E-state index contributed by atoms with van der Waals surface area (Å²) in [7, 11) is 0. The zero-order valence-corrected chi connectivity index (χ0v) is 13.8. The van der Waals surface area contributed by atoms with Crippen LogP contribution in [0.15, 0.2) is 22.6 Å². The lowest BCUT2D eigenvalue weighted by Gasteiger charge is -2.32. The molecular weight excluding hydrogens is 304 g/mol. The number of aromatic nitrogens is 2. The number of nitrogens with zero attached hydrogens (tertiary/aromatic N) is 1. The Bertz CT molecular complexity index is 750. The minimum Gasteiger partial charge on any atom is -0.370 e. The number of thiophene rings is 1. The molecule has 0 saturated carbocycles. The van der Waals surface area contributed by atoms with Crippen LogP contribution in [-0.2, 0) is 17.8 Å². The molecule has 1 unspecified atom stereocenters. The summed E-state index contributed by atoms with van der Waals surface area (Å²) in [5.41, 5.74) is 0.837. The van der Waals surface area contributed by atoms with Crippen molar-refractivity contribution in [2.45, 2.75) is 44.1 Å². The van der Waals surface area contributed by atoms with Gasteiger partial charge in [0.05, 0.1) is 17.6 Å². The molecule has 1 aliphatic heterocycles. The lowest BCUT2D eigenvalue weighted by molar-refractivity contribution is -0.0546.